The summed E-state index contributed by atoms with van der Waals surface area (Å²) in [4.78, 5) is 11.8. The third kappa shape index (κ3) is 5.65. The quantitative estimate of drug-likeness (QED) is 0.809. The second kappa shape index (κ2) is 7.94. The summed E-state index contributed by atoms with van der Waals surface area (Å²) >= 11 is 0. The van der Waals surface area contributed by atoms with Crippen LogP contribution in [-0.2, 0) is 11.3 Å². The lowest BCUT2D eigenvalue weighted by molar-refractivity contribution is -0.124. The van der Waals surface area contributed by atoms with E-state index in [1.165, 1.54) is 12.1 Å². The Labute approximate surface area is 118 Å². The molecule has 20 heavy (non-hydrogen) atoms. The zero-order chi connectivity index (χ0) is 15.1. The minimum atomic E-state index is -0.644. The normalized spacial score (nSPS) is 13.8. The van der Waals surface area contributed by atoms with Gasteiger partial charge in [0.1, 0.15) is 11.6 Å². The smallest absolute Gasteiger partial charge is 0.223 e. The number of hydrogen-bond acceptors (Lipinski definition) is 2. The van der Waals surface area contributed by atoms with Gasteiger partial charge in [0.15, 0.2) is 0 Å². The maximum atomic E-state index is 13.4. The fourth-order valence-electron chi connectivity index (χ4n) is 1.90. The fraction of sp³-hybridized carbons (Fsp3) is 0.533. The highest BCUT2D eigenvalue weighted by atomic mass is 19.1. The minimum absolute atomic E-state index is 0.0720. The lowest BCUT2D eigenvalue weighted by atomic mass is 10.0. The number of carbonyl (C=O) groups excluding carboxylic acids is 1. The second-order valence-electron chi connectivity index (χ2n) is 5.26. The third-order valence-corrected chi connectivity index (χ3v) is 3.21. The first-order valence-electron chi connectivity index (χ1n) is 6.87. The van der Waals surface area contributed by atoms with Crippen LogP contribution in [0.1, 0.15) is 38.7 Å². The number of halogens is 2. The first-order chi connectivity index (χ1) is 9.40. The lowest BCUT2D eigenvalue weighted by Gasteiger charge is -2.13. The van der Waals surface area contributed by atoms with Crippen molar-refractivity contribution in [2.75, 3.05) is 0 Å². The van der Waals surface area contributed by atoms with Gasteiger partial charge < -0.3 is 11.1 Å². The molecule has 1 aromatic carbocycles. The first-order valence-corrected chi connectivity index (χ1v) is 6.87. The third-order valence-electron chi connectivity index (χ3n) is 3.21. The van der Waals surface area contributed by atoms with Crippen LogP contribution in [0.25, 0.3) is 0 Å². The molecular weight excluding hydrogens is 262 g/mol. The largest absolute Gasteiger partial charge is 0.352 e. The molecule has 3 nitrogen and oxygen atoms in total. The monoisotopic (exact) mass is 284 g/mol. The van der Waals surface area contributed by atoms with Gasteiger partial charge in [0.25, 0.3) is 0 Å². The van der Waals surface area contributed by atoms with Crippen molar-refractivity contribution in [3.63, 3.8) is 0 Å². The molecule has 1 amide bonds. The van der Waals surface area contributed by atoms with Crippen LogP contribution in [0.3, 0.4) is 0 Å². The maximum absolute atomic E-state index is 13.4. The molecule has 0 saturated carbocycles. The molecule has 112 valence electrons. The molecule has 0 aliphatic rings. The van der Waals surface area contributed by atoms with Crippen LogP contribution in [0.15, 0.2) is 18.2 Å². The molecule has 2 unspecified atom stereocenters. The molecule has 0 aliphatic heterocycles. The molecule has 3 N–H and O–H groups in total. The molecule has 0 aliphatic carbocycles. The predicted molar refractivity (Wildman–Crippen MR) is 74.9 cm³/mol. The van der Waals surface area contributed by atoms with E-state index in [9.17, 15) is 13.6 Å². The summed E-state index contributed by atoms with van der Waals surface area (Å²) in [7, 11) is 0. The van der Waals surface area contributed by atoms with E-state index < -0.39 is 11.6 Å². The molecule has 1 rings (SSSR count). The SMILES string of the molecule is CC(N)CCCC(C)C(=O)NCc1ccc(F)cc1F. The highest BCUT2D eigenvalue weighted by Crippen LogP contribution is 2.11. The Balaban J connectivity index is 2.38. The van der Waals surface area contributed by atoms with Gasteiger partial charge >= 0.3 is 0 Å². The van der Waals surface area contributed by atoms with E-state index in [4.69, 9.17) is 5.73 Å². The summed E-state index contributed by atoms with van der Waals surface area (Å²) in [5.41, 5.74) is 5.93. The first kappa shape index (κ1) is 16.6. The van der Waals surface area contributed by atoms with Crippen LogP contribution >= 0.6 is 0 Å². The van der Waals surface area contributed by atoms with Crippen molar-refractivity contribution in [1.29, 1.82) is 0 Å². The van der Waals surface area contributed by atoms with Crippen LogP contribution in [0.5, 0.6) is 0 Å². The molecule has 0 saturated heterocycles. The van der Waals surface area contributed by atoms with Crippen molar-refractivity contribution in [2.24, 2.45) is 11.7 Å². The molecule has 1 aromatic rings. The highest BCUT2D eigenvalue weighted by molar-refractivity contribution is 5.78. The van der Waals surface area contributed by atoms with Crippen molar-refractivity contribution in [2.45, 2.75) is 45.7 Å². The zero-order valence-corrected chi connectivity index (χ0v) is 12.0. The Hall–Kier alpha value is -1.49. The Morgan fingerprint density at radius 1 is 1.30 bits per heavy atom. The summed E-state index contributed by atoms with van der Waals surface area (Å²) in [5.74, 6) is -1.53. The van der Waals surface area contributed by atoms with E-state index in [0.29, 0.717) is 0 Å². The van der Waals surface area contributed by atoms with Gasteiger partial charge in [0, 0.05) is 30.1 Å². The summed E-state index contributed by atoms with van der Waals surface area (Å²) in [6, 6.07) is 3.47. The molecule has 5 heteroatoms. The molecular formula is C15H22F2N2O. The van der Waals surface area contributed by atoms with Gasteiger partial charge in [-0.1, -0.05) is 19.4 Å². The van der Waals surface area contributed by atoms with E-state index in [1.807, 2.05) is 13.8 Å². The minimum Gasteiger partial charge on any atom is -0.352 e. The van der Waals surface area contributed by atoms with E-state index in [1.54, 1.807) is 0 Å². The number of nitrogens with two attached hydrogens (primary N) is 1. The Kier molecular flexibility index (Phi) is 6.58. The summed E-state index contributed by atoms with van der Waals surface area (Å²) in [6.07, 6.45) is 2.51. The van der Waals surface area contributed by atoms with Crippen molar-refractivity contribution >= 4 is 5.91 Å². The van der Waals surface area contributed by atoms with E-state index in [0.717, 1.165) is 25.3 Å². The van der Waals surface area contributed by atoms with E-state index in [-0.39, 0.29) is 30.0 Å². The van der Waals surface area contributed by atoms with Gasteiger partial charge in [0.05, 0.1) is 0 Å². The van der Waals surface area contributed by atoms with Gasteiger partial charge in [-0.3, -0.25) is 4.79 Å². The van der Waals surface area contributed by atoms with Crippen molar-refractivity contribution < 1.29 is 13.6 Å². The van der Waals surface area contributed by atoms with Crippen molar-refractivity contribution in [3.05, 3.63) is 35.4 Å². The van der Waals surface area contributed by atoms with E-state index in [2.05, 4.69) is 5.32 Å². The van der Waals surface area contributed by atoms with E-state index >= 15 is 0 Å². The average molecular weight is 284 g/mol. The van der Waals surface area contributed by atoms with Crippen LogP contribution in [0.4, 0.5) is 8.78 Å². The summed E-state index contributed by atoms with van der Waals surface area (Å²) in [6.45, 7) is 3.84. The van der Waals surface area contributed by atoms with Crippen LogP contribution in [0.2, 0.25) is 0 Å². The van der Waals surface area contributed by atoms with Crippen molar-refractivity contribution in [3.8, 4) is 0 Å². The van der Waals surface area contributed by atoms with Gasteiger partial charge in [-0.25, -0.2) is 8.78 Å². The molecule has 0 fully saturated rings. The summed E-state index contributed by atoms with van der Waals surface area (Å²) in [5, 5.41) is 2.66. The van der Waals surface area contributed by atoms with Gasteiger partial charge in [-0.15, -0.1) is 0 Å². The predicted octanol–water partition coefficient (Wildman–Crippen LogP) is 2.73. The highest BCUT2D eigenvalue weighted by Gasteiger charge is 2.13. The number of nitrogens with one attached hydrogen (secondary N) is 1. The Bertz CT molecular complexity index is 449. The van der Waals surface area contributed by atoms with Crippen LogP contribution in [-0.4, -0.2) is 11.9 Å². The van der Waals surface area contributed by atoms with Crippen molar-refractivity contribution in [1.82, 2.24) is 5.32 Å². The zero-order valence-electron chi connectivity index (χ0n) is 12.0. The van der Waals surface area contributed by atoms with Crippen LogP contribution in [0, 0.1) is 17.6 Å². The molecule has 0 bridgehead atoms. The van der Waals surface area contributed by atoms with Crippen LogP contribution < -0.4 is 11.1 Å². The number of carbonyl (C=O) groups is 1. The standard InChI is InChI=1S/C15H22F2N2O/c1-10(4-3-5-11(2)18)15(20)19-9-12-6-7-13(16)8-14(12)17/h6-8,10-11H,3-5,9,18H2,1-2H3,(H,19,20). The molecule has 0 aromatic heterocycles. The molecule has 0 spiro atoms. The average Bonchev–Trinajstić information content (AvgIpc) is 2.36. The number of benzene rings is 1. The lowest BCUT2D eigenvalue weighted by Crippen LogP contribution is -2.29. The topological polar surface area (TPSA) is 55.1 Å². The summed E-state index contributed by atoms with van der Waals surface area (Å²) < 4.78 is 26.1. The Morgan fingerprint density at radius 3 is 2.60 bits per heavy atom. The Morgan fingerprint density at radius 2 is 2.00 bits per heavy atom. The van der Waals surface area contributed by atoms with Gasteiger partial charge in [0.2, 0.25) is 5.91 Å². The number of hydrogen-bond donors (Lipinski definition) is 2. The fourth-order valence-corrected chi connectivity index (χ4v) is 1.90. The number of rotatable bonds is 7. The number of amides is 1. The molecule has 2 atom stereocenters. The molecule has 0 radical (unpaired) electrons. The maximum Gasteiger partial charge on any atom is 0.223 e. The molecule has 0 heterocycles. The van der Waals surface area contributed by atoms with Gasteiger partial charge in [-0.2, -0.15) is 0 Å². The van der Waals surface area contributed by atoms with Gasteiger partial charge in [-0.05, 0) is 25.8 Å². The second-order valence-corrected chi connectivity index (χ2v) is 5.26.